The fourth-order valence-electron chi connectivity index (χ4n) is 3.69. The summed E-state index contributed by atoms with van der Waals surface area (Å²) in [4.78, 5) is 15.7. The van der Waals surface area contributed by atoms with E-state index in [1.54, 1.807) is 11.7 Å². The summed E-state index contributed by atoms with van der Waals surface area (Å²) < 4.78 is 7.77. The molecule has 0 aliphatic carbocycles. The lowest BCUT2D eigenvalue weighted by Gasteiger charge is -2.47. The quantitative estimate of drug-likeness (QED) is 0.614. The summed E-state index contributed by atoms with van der Waals surface area (Å²) in [5.74, 6) is 0.619. The van der Waals surface area contributed by atoms with Gasteiger partial charge in [-0.05, 0) is 26.3 Å². The summed E-state index contributed by atoms with van der Waals surface area (Å²) in [6.07, 6.45) is 2.49. The van der Waals surface area contributed by atoms with Crippen molar-refractivity contribution in [3.8, 4) is 0 Å². The number of aryl methyl sites for hydroxylation is 2. The highest BCUT2D eigenvalue weighted by atomic mass is 16.6. The molecule has 23 heavy (non-hydrogen) atoms. The van der Waals surface area contributed by atoms with E-state index < -0.39 is 0 Å². The summed E-state index contributed by atoms with van der Waals surface area (Å²) in [5, 5.41) is 15.9. The molecule has 0 radical (unpaired) electrons. The molecule has 3 rings (SSSR count). The first-order valence-corrected chi connectivity index (χ1v) is 8.23. The molecular formula is C15H25N5O3. The number of nitro groups is 1. The van der Waals surface area contributed by atoms with Crippen LogP contribution in [0.3, 0.4) is 0 Å². The van der Waals surface area contributed by atoms with Crippen LogP contribution in [0.25, 0.3) is 0 Å². The van der Waals surface area contributed by atoms with Crippen molar-refractivity contribution in [3.05, 3.63) is 15.8 Å². The smallest absolute Gasteiger partial charge is 0.334 e. The molecule has 2 aliphatic rings. The minimum absolute atomic E-state index is 0.153. The standard InChI is InChI=1S/C15H25N5O3/c1-4-12-13(20(21)22)14(18(3)16-12)19-9-10-23-15(11-19)5-7-17(2)8-6-15/h4-11H2,1-3H3. The van der Waals surface area contributed by atoms with E-state index in [1.165, 1.54) is 0 Å². The lowest BCUT2D eigenvalue weighted by Crippen LogP contribution is -2.56. The van der Waals surface area contributed by atoms with Gasteiger partial charge in [0.05, 0.1) is 17.1 Å². The maximum absolute atomic E-state index is 11.6. The second-order valence-electron chi connectivity index (χ2n) is 6.61. The SMILES string of the molecule is CCc1nn(C)c(N2CCOC3(CCN(C)CC3)C2)c1[N+](=O)[O-]. The molecule has 0 amide bonds. The summed E-state index contributed by atoms with van der Waals surface area (Å²) >= 11 is 0. The molecule has 3 heterocycles. The Bertz CT molecular complexity index is 592. The summed E-state index contributed by atoms with van der Waals surface area (Å²) in [5.41, 5.74) is 0.520. The van der Waals surface area contributed by atoms with Gasteiger partial charge < -0.3 is 14.5 Å². The third kappa shape index (κ3) is 2.92. The van der Waals surface area contributed by atoms with Gasteiger partial charge in [0, 0.05) is 33.2 Å². The molecule has 0 saturated carbocycles. The van der Waals surface area contributed by atoms with Gasteiger partial charge in [-0.1, -0.05) is 6.92 Å². The number of rotatable bonds is 3. The van der Waals surface area contributed by atoms with E-state index in [0.717, 1.165) is 25.9 Å². The molecule has 0 N–H and O–H groups in total. The molecule has 1 aromatic rings. The molecule has 2 fully saturated rings. The maximum atomic E-state index is 11.6. The van der Waals surface area contributed by atoms with Gasteiger partial charge in [-0.25, -0.2) is 4.68 Å². The molecule has 2 aliphatic heterocycles. The van der Waals surface area contributed by atoms with Crippen LogP contribution in [0.5, 0.6) is 0 Å². The summed E-state index contributed by atoms with van der Waals surface area (Å²) in [7, 11) is 3.91. The van der Waals surface area contributed by atoms with Gasteiger partial charge in [-0.15, -0.1) is 0 Å². The average molecular weight is 323 g/mol. The molecule has 0 aromatic carbocycles. The van der Waals surface area contributed by atoms with E-state index in [0.29, 0.717) is 37.6 Å². The van der Waals surface area contributed by atoms with E-state index in [9.17, 15) is 10.1 Å². The Labute approximate surface area is 136 Å². The molecule has 2 saturated heterocycles. The van der Waals surface area contributed by atoms with E-state index in [4.69, 9.17) is 4.74 Å². The van der Waals surface area contributed by atoms with Gasteiger partial charge in [-0.2, -0.15) is 5.10 Å². The normalized spacial score (nSPS) is 21.8. The second kappa shape index (κ2) is 6.09. The minimum Gasteiger partial charge on any atom is -0.371 e. The number of aromatic nitrogens is 2. The lowest BCUT2D eigenvalue weighted by molar-refractivity contribution is -0.384. The first-order valence-electron chi connectivity index (χ1n) is 8.23. The Morgan fingerprint density at radius 3 is 2.61 bits per heavy atom. The molecule has 8 nitrogen and oxygen atoms in total. The van der Waals surface area contributed by atoms with Crippen molar-refractivity contribution < 1.29 is 9.66 Å². The fraction of sp³-hybridized carbons (Fsp3) is 0.800. The molecule has 0 atom stereocenters. The van der Waals surface area contributed by atoms with Crippen LogP contribution >= 0.6 is 0 Å². The van der Waals surface area contributed by atoms with Gasteiger partial charge >= 0.3 is 5.69 Å². The Morgan fingerprint density at radius 2 is 2.00 bits per heavy atom. The van der Waals surface area contributed by atoms with Crippen molar-refractivity contribution in [1.29, 1.82) is 0 Å². The van der Waals surface area contributed by atoms with Gasteiger partial charge in [-0.3, -0.25) is 10.1 Å². The summed E-state index contributed by atoms with van der Waals surface area (Å²) in [6, 6.07) is 0. The van der Waals surface area contributed by atoms with Gasteiger partial charge in [0.2, 0.25) is 5.82 Å². The Morgan fingerprint density at radius 1 is 1.30 bits per heavy atom. The highest BCUT2D eigenvalue weighted by Gasteiger charge is 2.42. The predicted molar refractivity (Wildman–Crippen MR) is 86.9 cm³/mol. The topological polar surface area (TPSA) is 76.7 Å². The van der Waals surface area contributed by atoms with Crippen LogP contribution < -0.4 is 4.90 Å². The van der Waals surface area contributed by atoms with E-state index >= 15 is 0 Å². The van der Waals surface area contributed by atoms with Crippen molar-refractivity contribution in [2.24, 2.45) is 7.05 Å². The minimum atomic E-state index is -0.294. The van der Waals surface area contributed by atoms with E-state index in [2.05, 4.69) is 21.9 Å². The van der Waals surface area contributed by atoms with Crippen LogP contribution in [-0.4, -0.2) is 65.0 Å². The zero-order valence-corrected chi connectivity index (χ0v) is 14.1. The Hall–Kier alpha value is -1.67. The Kier molecular flexibility index (Phi) is 4.29. The number of hydrogen-bond acceptors (Lipinski definition) is 6. The molecule has 8 heteroatoms. The van der Waals surface area contributed by atoms with Crippen LogP contribution in [0.2, 0.25) is 0 Å². The van der Waals surface area contributed by atoms with Crippen LogP contribution in [0.1, 0.15) is 25.5 Å². The van der Waals surface area contributed by atoms with Crippen molar-refractivity contribution in [3.63, 3.8) is 0 Å². The second-order valence-corrected chi connectivity index (χ2v) is 6.61. The third-order valence-corrected chi connectivity index (χ3v) is 5.03. The number of morpholine rings is 1. The third-order valence-electron chi connectivity index (χ3n) is 5.03. The van der Waals surface area contributed by atoms with Crippen LogP contribution in [0, 0.1) is 10.1 Å². The molecule has 1 aromatic heterocycles. The van der Waals surface area contributed by atoms with Crippen LogP contribution in [0.15, 0.2) is 0 Å². The number of anilines is 1. The number of piperidine rings is 1. The van der Waals surface area contributed by atoms with Gasteiger partial charge in [0.1, 0.15) is 5.69 Å². The van der Waals surface area contributed by atoms with Crippen LogP contribution in [0.4, 0.5) is 11.5 Å². The van der Waals surface area contributed by atoms with E-state index in [1.807, 2.05) is 6.92 Å². The molecule has 1 spiro atoms. The van der Waals surface area contributed by atoms with Crippen molar-refractivity contribution >= 4 is 11.5 Å². The molecular weight excluding hydrogens is 298 g/mol. The Balaban J connectivity index is 1.90. The molecule has 0 unspecified atom stereocenters. The van der Waals surface area contributed by atoms with E-state index in [-0.39, 0.29) is 16.2 Å². The van der Waals surface area contributed by atoms with Crippen molar-refractivity contribution in [2.75, 3.05) is 44.7 Å². The number of hydrogen-bond donors (Lipinski definition) is 0. The zero-order chi connectivity index (χ0) is 16.6. The fourth-order valence-corrected chi connectivity index (χ4v) is 3.69. The first-order chi connectivity index (χ1) is 11.0. The van der Waals surface area contributed by atoms with Crippen molar-refractivity contribution in [1.82, 2.24) is 14.7 Å². The lowest BCUT2D eigenvalue weighted by atomic mass is 9.89. The first kappa shape index (κ1) is 16.2. The molecule has 0 bridgehead atoms. The van der Waals surface area contributed by atoms with Crippen molar-refractivity contribution in [2.45, 2.75) is 31.8 Å². The van der Waals surface area contributed by atoms with Gasteiger partial charge in [0.15, 0.2) is 0 Å². The van der Waals surface area contributed by atoms with Gasteiger partial charge in [0.25, 0.3) is 0 Å². The molecule has 128 valence electrons. The highest BCUT2D eigenvalue weighted by molar-refractivity contribution is 5.62. The van der Waals surface area contributed by atoms with Crippen LogP contribution in [-0.2, 0) is 18.2 Å². The number of ether oxygens (including phenoxy) is 1. The monoisotopic (exact) mass is 323 g/mol. The predicted octanol–water partition coefficient (Wildman–Crippen LogP) is 1.19. The average Bonchev–Trinajstić information content (AvgIpc) is 2.87. The highest BCUT2D eigenvalue weighted by Crippen LogP contribution is 2.37. The maximum Gasteiger partial charge on any atom is 0.334 e. The number of nitrogens with zero attached hydrogens (tertiary/aromatic N) is 5. The number of likely N-dealkylation sites (tertiary alicyclic amines) is 1. The summed E-state index contributed by atoms with van der Waals surface area (Å²) in [6.45, 7) is 5.87. The zero-order valence-electron chi connectivity index (χ0n) is 14.1. The largest absolute Gasteiger partial charge is 0.371 e.